The summed E-state index contributed by atoms with van der Waals surface area (Å²) >= 11 is 7.23. The topological polar surface area (TPSA) is 15.3 Å². The smallest absolute Gasteiger partial charge is 0.0881 e. The first-order valence-electron chi connectivity index (χ1n) is 6.10. The lowest BCUT2D eigenvalue weighted by molar-refractivity contribution is 0.0694. The first-order valence-corrected chi connectivity index (χ1v) is 7.68. The molecule has 17 heavy (non-hydrogen) atoms. The van der Waals surface area contributed by atoms with Crippen molar-refractivity contribution >= 4 is 37.5 Å². The summed E-state index contributed by atoms with van der Waals surface area (Å²) in [6, 6.07) is 4.34. The van der Waals surface area contributed by atoms with Gasteiger partial charge in [0.2, 0.25) is 0 Å². The van der Waals surface area contributed by atoms with Gasteiger partial charge in [0.05, 0.1) is 11.4 Å². The van der Waals surface area contributed by atoms with Crippen LogP contribution in [0.2, 0.25) is 0 Å². The largest absolute Gasteiger partial charge is 0.366 e. The van der Waals surface area contributed by atoms with Gasteiger partial charge in [-0.3, -0.25) is 4.90 Å². The van der Waals surface area contributed by atoms with Crippen molar-refractivity contribution in [1.29, 1.82) is 0 Å². The van der Waals surface area contributed by atoms with Crippen LogP contribution < -0.4 is 5.32 Å². The molecule has 2 aliphatic heterocycles. The summed E-state index contributed by atoms with van der Waals surface area (Å²) in [5.74, 6) is 0. The van der Waals surface area contributed by atoms with E-state index >= 15 is 0 Å². The number of anilines is 1. The standard InChI is InChI=1S/C13H16Br2N2/c1-13-4-2-3-5-17(13)8-9-6-10(14)7-11(15)12(9)16-13/h6-7,16H,2-5,8H2,1H3. The number of piperidine rings is 1. The molecular weight excluding hydrogens is 344 g/mol. The fraction of sp³-hybridized carbons (Fsp3) is 0.538. The second kappa shape index (κ2) is 4.25. The number of halogens is 2. The molecule has 92 valence electrons. The van der Waals surface area contributed by atoms with Crippen LogP contribution in [0, 0.1) is 0 Å². The Balaban J connectivity index is 2.04. The highest BCUT2D eigenvalue weighted by Gasteiger charge is 2.38. The van der Waals surface area contributed by atoms with Crippen LogP contribution in [-0.4, -0.2) is 17.1 Å². The highest BCUT2D eigenvalue weighted by Crippen LogP contribution is 2.41. The third-order valence-electron chi connectivity index (χ3n) is 3.93. The van der Waals surface area contributed by atoms with Crippen molar-refractivity contribution < 1.29 is 0 Å². The van der Waals surface area contributed by atoms with Crippen molar-refractivity contribution in [2.45, 2.75) is 38.4 Å². The molecule has 0 radical (unpaired) electrons. The van der Waals surface area contributed by atoms with Gasteiger partial charge in [-0.2, -0.15) is 0 Å². The maximum absolute atomic E-state index is 3.73. The summed E-state index contributed by atoms with van der Waals surface area (Å²) in [5.41, 5.74) is 2.79. The van der Waals surface area contributed by atoms with Gasteiger partial charge in [-0.05, 0) is 59.8 Å². The summed E-state index contributed by atoms with van der Waals surface area (Å²) in [7, 11) is 0. The average Bonchev–Trinajstić information content (AvgIpc) is 2.27. The molecule has 1 atom stereocenters. The Bertz CT molecular complexity index is 461. The molecule has 2 nitrogen and oxygen atoms in total. The highest BCUT2D eigenvalue weighted by atomic mass is 79.9. The van der Waals surface area contributed by atoms with Crippen LogP contribution in [-0.2, 0) is 6.54 Å². The van der Waals surface area contributed by atoms with E-state index in [0.717, 1.165) is 15.5 Å². The third kappa shape index (κ3) is 2.04. The summed E-state index contributed by atoms with van der Waals surface area (Å²) in [4.78, 5) is 2.57. The normalized spacial score (nSPS) is 28.2. The van der Waals surface area contributed by atoms with Gasteiger partial charge in [0.15, 0.2) is 0 Å². The van der Waals surface area contributed by atoms with Crippen LogP contribution in [0.3, 0.4) is 0 Å². The molecule has 2 aliphatic rings. The number of nitrogens with zero attached hydrogens (tertiary/aromatic N) is 1. The minimum absolute atomic E-state index is 0.140. The molecule has 2 heterocycles. The van der Waals surface area contributed by atoms with Crippen molar-refractivity contribution in [3.63, 3.8) is 0 Å². The van der Waals surface area contributed by atoms with E-state index in [9.17, 15) is 0 Å². The van der Waals surface area contributed by atoms with Gasteiger partial charge in [-0.15, -0.1) is 0 Å². The van der Waals surface area contributed by atoms with Crippen LogP contribution in [0.1, 0.15) is 31.7 Å². The molecular formula is C13H16Br2N2. The number of nitrogens with one attached hydrogen (secondary N) is 1. The van der Waals surface area contributed by atoms with Crippen LogP contribution in [0.4, 0.5) is 5.69 Å². The molecule has 3 rings (SSSR count). The van der Waals surface area contributed by atoms with E-state index in [-0.39, 0.29) is 5.66 Å². The second-order valence-corrected chi connectivity index (χ2v) is 6.97. The molecule has 1 aromatic rings. The van der Waals surface area contributed by atoms with E-state index in [1.165, 1.54) is 37.1 Å². The zero-order chi connectivity index (χ0) is 12.0. The molecule has 1 aromatic carbocycles. The van der Waals surface area contributed by atoms with E-state index in [1.807, 2.05) is 0 Å². The summed E-state index contributed by atoms with van der Waals surface area (Å²) in [6.45, 7) is 4.58. The van der Waals surface area contributed by atoms with Gasteiger partial charge in [-0.1, -0.05) is 15.9 Å². The Morgan fingerprint density at radius 2 is 2.12 bits per heavy atom. The SMILES string of the molecule is CC12CCCCN1Cc1cc(Br)cc(Br)c1N2. The quantitative estimate of drug-likeness (QED) is 0.741. The second-order valence-electron chi connectivity index (χ2n) is 5.20. The van der Waals surface area contributed by atoms with Gasteiger partial charge in [0.1, 0.15) is 0 Å². The van der Waals surface area contributed by atoms with Crippen LogP contribution in [0.5, 0.6) is 0 Å². The number of hydrogen-bond acceptors (Lipinski definition) is 2. The molecule has 1 unspecified atom stereocenters. The van der Waals surface area contributed by atoms with Gasteiger partial charge in [0, 0.05) is 22.0 Å². The molecule has 1 N–H and O–H groups in total. The molecule has 0 bridgehead atoms. The number of hydrogen-bond donors (Lipinski definition) is 1. The minimum Gasteiger partial charge on any atom is -0.366 e. The lowest BCUT2D eigenvalue weighted by Crippen LogP contribution is -2.56. The summed E-state index contributed by atoms with van der Waals surface area (Å²) in [6.07, 6.45) is 3.88. The first-order chi connectivity index (χ1) is 8.08. The number of benzene rings is 1. The maximum atomic E-state index is 3.73. The predicted octanol–water partition coefficient (Wildman–Crippen LogP) is 4.34. The Kier molecular flexibility index (Phi) is 3.00. The molecule has 0 aromatic heterocycles. The zero-order valence-corrected chi connectivity index (χ0v) is 13.1. The number of fused-ring (bicyclic) bond motifs is 2. The lowest BCUT2D eigenvalue weighted by atomic mass is 9.92. The Morgan fingerprint density at radius 3 is 2.94 bits per heavy atom. The van der Waals surface area contributed by atoms with Crippen molar-refractivity contribution in [1.82, 2.24) is 4.90 Å². The predicted molar refractivity (Wildman–Crippen MR) is 78.1 cm³/mol. The maximum Gasteiger partial charge on any atom is 0.0881 e. The van der Waals surface area contributed by atoms with E-state index in [4.69, 9.17) is 0 Å². The van der Waals surface area contributed by atoms with Crippen LogP contribution in [0.15, 0.2) is 21.1 Å². The van der Waals surface area contributed by atoms with Crippen molar-refractivity contribution in [3.05, 3.63) is 26.6 Å². The first kappa shape index (κ1) is 12.0. The van der Waals surface area contributed by atoms with Gasteiger partial charge in [0.25, 0.3) is 0 Å². The Morgan fingerprint density at radius 1 is 1.29 bits per heavy atom. The van der Waals surface area contributed by atoms with Crippen molar-refractivity contribution in [3.8, 4) is 0 Å². The van der Waals surface area contributed by atoms with Gasteiger partial charge >= 0.3 is 0 Å². The van der Waals surface area contributed by atoms with Crippen molar-refractivity contribution in [2.24, 2.45) is 0 Å². The van der Waals surface area contributed by atoms with E-state index < -0.39 is 0 Å². The van der Waals surface area contributed by atoms with Crippen LogP contribution in [0.25, 0.3) is 0 Å². The fourth-order valence-electron chi connectivity index (χ4n) is 2.94. The summed E-state index contributed by atoms with van der Waals surface area (Å²) < 4.78 is 2.30. The minimum atomic E-state index is 0.140. The van der Waals surface area contributed by atoms with E-state index in [0.29, 0.717) is 0 Å². The fourth-order valence-corrected chi connectivity index (χ4v) is 4.35. The third-order valence-corrected chi connectivity index (χ3v) is 5.01. The molecule has 4 heteroatoms. The van der Waals surface area contributed by atoms with Gasteiger partial charge in [-0.25, -0.2) is 0 Å². The lowest BCUT2D eigenvalue weighted by Gasteiger charge is -2.49. The highest BCUT2D eigenvalue weighted by molar-refractivity contribution is 9.11. The van der Waals surface area contributed by atoms with Crippen molar-refractivity contribution in [2.75, 3.05) is 11.9 Å². The van der Waals surface area contributed by atoms with E-state index in [2.05, 4.69) is 61.1 Å². The molecule has 0 amide bonds. The monoisotopic (exact) mass is 358 g/mol. The zero-order valence-electron chi connectivity index (χ0n) is 9.89. The molecule has 0 saturated carbocycles. The van der Waals surface area contributed by atoms with Gasteiger partial charge < -0.3 is 5.32 Å². The number of rotatable bonds is 0. The molecule has 1 saturated heterocycles. The summed E-state index contributed by atoms with van der Waals surface area (Å²) in [5, 5.41) is 3.73. The Hall–Kier alpha value is -0.0600. The molecule has 1 fully saturated rings. The van der Waals surface area contributed by atoms with E-state index in [1.54, 1.807) is 0 Å². The Labute approximate surface area is 119 Å². The molecule has 0 spiro atoms. The average molecular weight is 360 g/mol. The van der Waals surface area contributed by atoms with Crippen LogP contribution >= 0.6 is 31.9 Å². The molecule has 0 aliphatic carbocycles.